The number of amides is 2. The van der Waals surface area contributed by atoms with Crippen LogP contribution in [0.1, 0.15) is 53.6 Å². The van der Waals surface area contributed by atoms with E-state index in [9.17, 15) is 14.4 Å². The molecule has 0 bridgehead atoms. The van der Waals surface area contributed by atoms with Crippen molar-refractivity contribution in [3.05, 3.63) is 84.1 Å². The van der Waals surface area contributed by atoms with E-state index in [4.69, 9.17) is 9.47 Å². The quantitative estimate of drug-likeness (QED) is 0.448. The molecule has 1 N–H and O–H groups in total. The fourth-order valence-electron chi connectivity index (χ4n) is 4.18. The van der Waals surface area contributed by atoms with Crippen molar-refractivity contribution in [1.82, 2.24) is 10.2 Å². The third-order valence-corrected chi connectivity index (χ3v) is 5.99. The molecular weight excluding hydrogens is 432 g/mol. The van der Waals surface area contributed by atoms with Gasteiger partial charge in [0.2, 0.25) is 5.91 Å². The number of carbonyl (C=O) groups excluding carboxylic acids is 3. The Labute approximate surface area is 199 Å². The zero-order chi connectivity index (χ0) is 24.1. The van der Waals surface area contributed by atoms with Gasteiger partial charge in [-0.2, -0.15) is 0 Å². The molecule has 1 unspecified atom stereocenters. The van der Waals surface area contributed by atoms with Crippen LogP contribution in [0.4, 0.5) is 0 Å². The minimum absolute atomic E-state index is 0.0869. The van der Waals surface area contributed by atoms with E-state index in [1.54, 1.807) is 11.0 Å². The van der Waals surface area contributed by atoms with Crippen molar-refractivity contribution in [2.45, 2.75) is 44.8 Å². The fourth-order valence-corrected chi connectivity index (χ4v) is 4.18. The lowest BCUT2D eigenvalue weighted by Crippen LogP contribution is -2.45. The molecule has 2 heterocycles. The molecule has 0 saturated carbocycles. The summed E-state index contributed by atoms with van der Waals surface area (Å²) in [6, 6.07) is 14.6. The van der Waals surface area contributed by atoms with Crippen LogP contribution in [0.15, 0.2) is 67.4 Å². The normalized spacial score (nSPS) is 17.4. The zero-order valence-corrected chi connectivity index (χ0v) is 19.0. The SMILES string of the molecule is C=C1NC(=O)CCC1N1C(=C)c2ccc(OCCCCC(=O)OCc3ccccc3)cc2C1=O. The molecule has 4 rings (SSSR count). The summed E-state index contributed by atoms with van der Waals surface area (Å²) in [5.41, 5.74) is 3.35. The Bertz CT molecular complexity index is 1130. The molecule has 2 aliphatic rings. The molecule has 1 saturated heterocycles. The minimum Gasteiger partial charge on any atom is -0.494 e. The predicted octanol–water partition coefficient (Wildman–Crippen LogP) is 4.20. The topological polar surface area (TPSA) is 84.9 Å². The Morgan fingerprint density at radius 1 is 1.06 bits per heavy atom. The van der Waals surface area contributed by atoms with Crippen LogP contribution in [0.5, 0.6) is 5.75 Å². The number of fused-ring (bicyclic) bond motifs is 1. The maximum atomic E-state index is 13.1. The molecule has 0 spiro atoms. The largest absolute Gasteiger partial charge is 0.494 e. The van der Waals surface area contributed by atoms with Crippen LogP contribution in [0.3, 0.4) is 0 Å². The molecule has 0 radical (unpaired) electrons. The van der Waals surface area contributed by atoms with Crippen LogP contribution in [-0.2, 0) is 20.9 Å². The number of rotatable bonds is 9. The summed E-state index contributed by atoms with van der Waals surface area (Å²) in [6.07, 6.45) is 2.52. The summed E-state index contributed by atoms with van der Waals surface area (Å²) in [6.45, 7) is 8.71. The van der Waals surface area contributed by atoms with Gasteiger partial charge < -0.3 is 14.8 Å². The Morgan fingerprint density at radius 2 is 1.85 bits per heavy atom. The molecule has 0 aliphatic carbocycles. The first-order valence-electron chi connectivity index (χ1n) is 11.4. The minimum atomic E-state index is -0.309. The van der Waals surface area contributed by atoms with Crippen molar-refractivity contribution in [1.29, 1.82) is 0 Å². The molecule has 176 valence electrons. The second-order valence-corrected chi connectivity index (χ2v) is 8.41. The van der Waals surface area contributed by atoms with E-state index in [-0.39, 0.29) is 30.4 Å². The van der Waals surface area contributed by atoms with E-state index < -0.39 is 0 Å². The third-order valence-electron chi connectivity index (χ3n) is 5.99. The summed E-state index contributed by atoms with van der Waals surface area (Å²) >= 11 is 0. The first-order chi connectivity index (χ1) is 16.4. The highest BCUT2D eigenvalue weighted by atomic mass is 16.5. The Hall–Kier alpha value is -3.87. The Morgan fingerprint density at radius 3 is 2.62 bits per heavy atom. The van der Waals surface area contributed by atoms with E-state index >= 15 is 0 Å². The second-order valence-electron chi connectivity index (χ2n) is 8.41. The van der Waals surface area contributed by atoms with E-state index in [1.807, 2.05) is 42.5 Å². The number of nitrogens with one attached hydrogen (secondary N) is 1. The van der Waals surface area contributed by atoms with Crippen LogP contribution < -0.4 is 10.1 Å². The first kappa shape index (κ1) is 23.3. The summed E-state index contributed by atoms with van der Waals surface area (Å²) in [7, 11) is 0. The van der Waals surface area contributed by atoms with E-state index in [1.165, 1.54) is 0 Å². The number of benzene rings is 2. The van der Waals surface area contributed by atoms with Crippen molar-refractivity contribution >= 4 is 23.5 Å². The van der Waals surface area contributed by atoms with Gasteiger partial charge in [0.15, 0.2) is 0 Å². The predicted molar refractivity (Wildman–Crippen MR) is 128 cm³/mol. The number of carbonyl (C=O) groups is 3. The van der Waals surface area contributed by atoms with Gasteiger partial charge in [0.1, 0.15) is 12.4 Å². The summed E-state index contributed by atoms with van der Waals surface area (Å²) in [5.74, 6) is 0.0975. The van der Waals surface area contributed by atoms with Crippen LogP contribution in [0.25, 0.3) is 5.70 Å². The van der Waals surface area contributed by atoms with Crippen molar-refractivity contribution in [3.63, 3.8) is 0 Å². The van der Waals surface area contributed by atoms with Gasteiger partial charge in [-0.15, -0.1) is 0 Å². The maximum absolute atomic E-state index is 13.1. The number of hydrogen-bond donors (Lipinski definition) is 1. The lowest BCUT2D eigenvalue weighted by molar-refractivity contribution is -0.145. The Balaban J connectivity index is 1.24. The number of esters is 1. The Kier molecular flexibility index (Phi) is 7.11. The van der Waals surface area contributed by atoms with Crippen LogP contribution >= 0.6 is 0 Å². The van der Waals surface area contributed by atoms with Crippen LogP contribution in [0, 0.1) is 0 Å². The van der Waals surface area contributed by atoms with Crippen LogP contribution in [0.2, 0.25) is 0 Å². The van der Waals surface area contributed by atoms with Crippen LogP contribution in [-0.4, -0.2) is 35.3 Å². The lowest BCUT2D eigenvalue weighted by atomic mass is 10.0. The van der Waals surface area contributed by atoms with Gasteiger partial charge in [-0.25, -0.2) is 0 Å². The van der Waals surface area contributed by atoms with Gasteiger partial charge >= 0.3 is 5.97 Å². The smallest absolute Gasteiger partial charge is 0.306 e. The number of piperidine rings is 1. The van der Waals surface area contributed by atoms with Gasteiger partial charge in [0.05, 0.1) is 18.2 Å². The molecule has 1 atom stereocenters. The van der Waals surface area contributed by atoms with Gasteiger partial charge in [0, 0.05) is 29.8 Å². The summed E-state index contributed by atoms with van der Waals surface area (Å²) < 4.78 is 11.1. The highest BCUT2D eigenvalue weighted by molar-refractivity contribution is 6.09. The molecule has 1 fully saturated rings. The zero-order valence-electron chi connectivity index (χ0n) is 19.0. The van der Waals surface area contributed by atoms with Gasteiger partial charge in [0.25, 0.3) is 5.91 Å². The van der Waals surface area contributed by atoms with Crippen molar-refractivity contribution in [3.8, 4) is 5.75 Å². The van der Waals surface area contributed by atoms with Crippen molar-refractivity contribution in [2.75, 3.05) is 6.61 Å². The van der Waals surface area contributed by atoms with Crippen molar-refractivity contribution < 1.29 is 23.9 Å². The number of hydrogen-bond acceptors (Lipinski definition) is 5. The van der Waals surface area contributed by atoms with Gasteiger partial charge in [-0.1, -0.05) is 43.5 Å². The fraction of sp³-hybridized carbons (Fsp3) is 0.296. The van der Waals surface area contributed by atoms with E-state index in [0.29, 0.717) is 61.4 Å². The molecule has 2 amide bonds. The van der Waals surface area contributed by atoms with E-state index in [2.05, 4.69) is 18.5 Å². The second kappa shape index (κ2) is 10.4. The van der Waals surface area contributed by atoms with Gasteiger partial charge in [-0.3, -0.25) is 19.3 Å². The average molecular weight is 461 g/mol. The lowest BCUT2D eigenvalue weighted by Gasteiger charge is -2.33. The number of nitrogens with zero attached hydrogens (tertiary/aromatic N) is 1. The monoisotopic (exact) mass is 460 g/mol. The molecule has 2 aromatic carbocycles. The standard InChI is InChI=1S/C27H28N2O5/c1-18-24(13-14-25(30)28-18)29-19(2)22-12-11-21(16-23(22)27(29)32)33-15-7-6-10-26(31)34-17-20-8-4-3-5-9-20/h3-5,8-9,11-12,16,24H,1-2,6-7,10,13-15,17H2,(H,28,30). The van der Waals surface area contributed by atoms with Crippen molar-refractivity contribution in [2.24, 2.45) is 0 Å². The third kappa shape index (κ3) is 5.20. The molecule has 2 aromatic rings. The average Bonchev–Trinajstić information content (AvgIpc) is 3.08. The molecule has 0 aromatic heterocycles. The highest BCUT2D eigenvalue weighted by Crippen LogP contribution is 2.38. The number of unbranched alkanes of at least 4 members (excludes halogenated alkanes) is 1. The maximum Gasteiger partial charge on any atom is 0.306 e. The van der Waals surface area contributed by atoms with Gasteiger partial charge in [-0.05, 0) is 43.0 Å². The summed E-state index contributed by atoms with van der Waals surface area (Å²) in [5, 5.41) is 2.72. The summed E-state index contributed by atoms with van der Waals surface area (Å²) in [4.78, 5) is 38.2. The molecule has 7 nitrogen and oxygen atoms in total. The van der Waals surface area contributed by atoms with E-state index in [0.717, 1.165) is 11.1 Å². The first-order valence-corrected chi connectivity index (χ1v) is 11.4. The molecule has 2 aliphatic heterocycles. The number of ether oxygens (including phenoxy) is 2. The highest BCUT2D eigenvalue weighted by Gasteiger charge is 2.39. The molecular formula is C27H28N2O5. The molecule has 34 heavy (non-hydrogen) atoms. The molecule has 7 heteroatoms.